The second kappa shape index (κ2) is 5.46. The molecule has 1 heterocycles. The fourth-order valence-corrected chi connectivity index (χ4v) is 2.01. The number of fused-ring (bicyclic) bond motifs is 1. The van der Waals surface area contributed by atoms with Crippen LogP contribution in [0.1, 0.15) is 27.9 Å². The first-order valence-corrected chi connectivity index (χ1v) is 5.51. The number of hydrogen-bond acceptors (Lipinski definition) is 4. The van der Waals surface area contributed by atoms with Gasteiger partial charge in [0.05, 0.1) is 13.2 Å². The summed E-state index contributed by atoms with van der Waals surface area (Å²) in [6, 6.07) is 2.69. The molecular formula is C11H10BF2NO4. The van der Waals surface area contributed by atoms with Crippen LogP contribution in [-0.4, -0.2) is 30.9 Å². The first-order chi connectivity index (χ1) is 9.06. The molecule has 0 saturated heterocycles. The first-order valence-electron chi connectivity index (χ1n) is 5.51. The Bertz CT molecular complexity index is 524. The van der Waals surface area contributed by atoms with Gasteiger partial charge in [-0.1, -0.05) is 6.07 Å². The van der Waals surface area contributed by atoms with Gasteiger partial charge in [-0.05, 0) is 17.1 Å². The van der Waals surface area contributed by atoms with E-state index in [9.17, 15) is 23.4 Å². The second-order valence-corrected chi connectivity index (χ2v) is 3.94. The van der Waals surface area contributed by atoms with Gasteiger partial charge in [-0.25, -0.2) is 8.78 Å². The number of nitrogens with one attached hydrogen (secondary N) is 1. The van der Waals surface area contributed by atoms with E-state index in [-0.39, 0.29) is 24.2 Å². The Morgan fingerprint density at radius 1 is 1.58 bits per heavy atom. The van der Waals surface area contributed by atoms with E-state index in [4.69, 9.17) is 4.65 Å². The van der Waals surface area contributed by atoms with Crippen LogP contribution in [0.3, 0.4) is 0 Å². The molecule has 0 aliphatic carbocycles. The molecule has 1 aromatic rings. The number of amides is 1. The number of carbonyl (C=O) groups excluding carboxylic acids is 2. The number of halogens is 2. The maximum Gasteiger partial charge on any atom is 0.492 e. The summed E-state index contributed by atoms with van der Waals surface area (Å²) in [5, 5.41) is 11.7. The zero-order valence-corrected chi connectivity index (χ0v) is 9.73. The molecule has 1 aliphatic heterocycles. The minimum Gasteiger partial charge on any atom is -0.423 e. The molecule has 19 heavy (non-hydrogen) atoms. The zero-order chi connectivity index (χ0) is 14.0. The van der Waals surface area contributed by atoms with Crippen molar-refractivity contribution in [2.75, 3.05) is 6.54 Å². The molecule has 1 aliphatic rings. The molecule has 1 amide bonds. The molecule has 0 bridgehead atoms. The molecule has 0 spiro atoms. The Hall–Kier alpha value is -1.80. The average Bonchev–Trinajstić information content (AvgIpc) is 2.76. The van der Waals surface area contributed by atoms with Crippen LogP contribution < -0.4 is 10.8 Å². The van der Waals surface area contributed by atoms with Crippen molar-refractivity contribution in [1.82, 2.24) is 5.32 Å². The highest BCUT2D eigenvalue weighted by Gasteiger charge is 2.35. The molecule has 0 fully saturated rings. The Morgan fingerprint density at radius 3 is 2.95 bits per heavy atom. The highest BCUT2D eigenvalue weighted by molar-refractivity contribution is 6.62. The van der Waals surface area contributed by atoms with Crippen LogP contribution in [0, 0.1) is 0 Å². The molecule has 100 valence electrons. The van der Waals surface area contributed by atoms with Gasteiger partial charge in [0.15, 0.2) is 0 Å². The summed E-state index contributed by atoms with van der Waals surface area (Å²) in [5.74, 6) is -0.788. The summed E-state index contributed by atoms with van der Waals surface area (Å²) in [6.07, 6.45) is -2.48. The van der Waals surface area contributed by atoms with Crippen molar-refractivity contribution in [3.05, 3.63) is 28.8 Å². The summed E-state index contributed by atoms with van der Waals surface area (Å²) in [4.78, 5) is 21.9. The lowest BCUT2D eigenvalue weighted by Gasteiger charge is -2.13. The molecule has 2 rings (SSSR count). The highest BCUT2D eigenvalue weighted by atomic mass is 19.3. The summed E-state index contributed by atoms with van der Waals surface area (Å²) in [7, 11) is -1.46. The molecule has 0 radical (unpaired) electrons. The number of benzene rings is 1. The lowest BCUT2D eigenvalue weighted by Crippen LogP contribution is -2.35. The van der Waals surface area contributed by atoms with E-state index in [1.165, 1.54) is 12.1 Å². The fraction of sp³-hybridized carbons (Fsp3) is 0.273. The van der Waals surface area contributed by atoms with E-state index in [0.29, 0.717) is 11.8 Å². The number of alkyl halides is 2. The molecule has 0 aromatic heterocycles. The van der Waals surface area contributed by atoms with Crippen LogP contribution in [-0.2, 0) is 16.1 Å². The van der Waals surface area contributed by atoms with Gasteiger partial charge < -0.3 is 19.8 Å². The SMILES string of the molecule is O=CCNC(=O)c1ccc2c(c1C(F)F)B(O)OC2. The van der Waals surface area contributed by atoms with Gasteiger partial charge in [-0.2, -0.15) is 0 Å². The monoisotopic (exact) mass is 269 g/mol. The molecule has 8 heteroatoms. The van der Waals surface area contributed by atoms with Crippen LogP contribution in [0.25, 0.3) is 0 Å². The third kappa shape index (κ3) is 2.49. The fourth-order valence-electron chi connectivity index (χ4n) is 2.01. The van der Waals surface area contributed by atoms with Crippen LogP contribution >= 0.6 is 0 Å². The van der Waals surface area contributed by atoms with E-state index >= 15 is 0 Å². The summed E-state index contributed by atoms with van der Waals surface area (Å²) in [5.41, 5.74) is -0.450. The predicted molar refractivity (Wildman–Crippen MR) is 62.2 cm³/mol. The van der Waals surface area contributed by atoms with Gasteiger partial charge in [0.1, 0.15) is 6.29 Å². The topological polar surface area (TPSA) is 75.6 Å². The van der Waals surface area contributed by atoms with Crippen LogP contribution in [0.15, 0.2) is 12.1 Å². The molecule has 0 unspecified atom stereocenters. The van der Waals surface area contributed by atoms with Gasteiger partial charge in [0.2, 0.25) is 0 Å². The normalized spacial score (nSPS) is 13.6. The minimum absolute atomic E-state index is 0.0203. The molecular weight excluding hydrogens is 259 g/mol. The lowest BCUT2D eigenvalue weighted by molar-refractivity contribution is -0.107. The van der Waals surface area contributed by atoms with E-state index < -0.39 is 25.0 Å². The number of aldehydes is 1. The third-order valence-electron chi connectivity index (χ3n) is 2.83. The molecule has 5 nitrogen and oxygen atoms in total. The van der Waals surface area contributed by atoms with Gasteiger partial charge >= 0.3 is 7.12 Å². The Balaban J connectivity index is 2.47. The lowest BCUT2D eigenvalue weighted by atomic mass is 9.74. The van der Waals surface area contributed by atoms with E-state index in [0.717, 1.165) is 0 Å². The van der Waals surface area contributed by atoms with Crippen molar-refractivity contribution >= 4 is 24.8 Å². The van der Waals surface area contributed by atoms with Crippen molar-refractivity contribution in [2.45, 2.75) is 13.0 Å². The van der Waals surface area contributed by atoms with Crippen molar-refractivity contribution in [2.24, 2.45) is 0 Å². The van der Waals surface area contributed by atoms with Gasteiger partial charge in [0, 0.05) is 11.1 Å². The second-order valence-electron chi connectivity index (χ2n) is 3.94. The molecule has 1 aromatic carbocycles. The summed E-state index contributed by atoms with van der Waals surface area (Å²) < 4.78 is 31.1. The average molecular weight is 269 g/mol. The maximum absolute atomic E-state index is 13.1. The largest absolute Gasteiger partial charge is 0.492 e. The van der Waals surface area contributed by atoms with Crippen molar-refractivity contribution in [3.63, 3.8) is 0 Å². The van der Waals surface area contributed by atoms with Gasteiger partial charge in [0.25, 0.3) is 12.3 Å². The zero-order valence-electron chi connectivity index (χ0n) is 9.73. The smallest absolute Gasteiger partial charge is 0.423 e. The quantitative estimate of drug-likeness (QED) is 0.585. The standard InChI is InChI=1S/C11H10BF2NO4/c13-10(14)8-7(11(17)15-3-4-16)2-1-6-5-19-12(18)9(6)8/h1-2,4,10,18H,3,5H2,(H,15,17). The van der Waals surface area contributed by atoms with Gasteiger partial charge in [-0.15, -0.1) is 0 Å². The minimum atomic E-state index is -2.93. The van der Waals surface area contributed by atoms with E-state index in [1.54, 1.807) is 0 Å². The highest BCUT2D eigenvalue weighted by Crippen LogP contribution is 2.26. The Labute approximate surface area is 107 Å². The molecule has 0 atom stereocenters. The van der Waals surface area contributed by atoms with Crippen LogP contribution in [0.5, 0.6) is 0 Å². The first kappa shape index (κ1) is 13.6. The van der Waals surface area contributed by atoms with Crippen molar-refractivity contribution < 1.29 is 28.0 Å². The molecule has 0 saturated carbocycles. The number of hydrogen-bond donors (Lipinski definition) is 2. The van der Waals surface area contributed by atoms with E-state index in [2.05, 4.69) is 5.32 Å². The van der Waals surface area contributed by atoms with Crippen LogP contribution in [0.2, 0.25) is 0 Å². The predicted octanol–water partition coefficient (Wildman–Crippen LogP) is -0.229. The Morgan fingerprint density at radius 2 is 2.32 bits per heavy atom. The molecule has 2 N–H and O–H groups in total. The third-order valence-corrected chi connectivity index (χ3v) is 2.83. The summed E-state index contributed by atoms with van der Waals surface area (Å²) in [6.45, 7) is -0.246. The number of carbonyl (C=O) groups is 2. The van der Waals surface area contributed by atoms with Crippen molar-refractivity contribution in [1.29, 1.82) is 0 Å². The maximum atomic E-state index is 13.1. The van der Waals surface area contributed by atoms with Gasteiger partial charge in [-0.3, -0.25) is 4.79 Å². The van der Waals surface area contributed by atoms with Crippen molar-refractivity contribution in [3.8, 4) is 0 Å². The Kier molecular flexibility index (Phi) is 3.91. The van der Waals surface area contributed by atoms with E-state index in [1.807, 2.05) is 0 Å². The number of rotatable bonds is 4. The summed E-state index contributed by atoms with van der Waals surface area (Å²) >= 11 is 0. The van der Waals surface area contributed by atoms with Crippen LogP contribution in [0.4, 0.5) is 8.78 Å².